The van der Waals surface area contributed by atoms with Gasteiger partial charge in [0.05, 0.1) is 18.2 Å². The van der Waals surface area contributed by atoms with Crippen molar-refractivity contribution in [3.8, 4) is 5.75 Å². The zero-order valence-corrected chi connectivity index (χ0v) is 17.9. The summed E-state index contributed by atoms with van der Waals surface area (Å²) < 4.78 is 5.73. The van der Waals surface area contributed by atoms with Gasteiger partial charge in [-0.05, 0) is 47.7 Å². The van der Waals surface area contributed by atoms with Crippen LogP contribution in [-0.4, -0.2) is 22.7 Å². The molecule has 0 saturated carbocycles. The third-order valence-corrected chi connectivity index (χ3v) is 6.26. The molecule has 1 aliphatic rings. The zero-order valence-electron chi connectivity index (χ0n) is 17.1. The number of rotatable bonds is 6. The van der Waals surface area contributed by atoms with Crippen LogP contribution in [0.25, 0.3) is 10.8 Å². The molecule has 4 aromatic rings. The van der Waals surface area contributed by atoms with E-state index >= 15 is 0 Å². The van der Waals surface area contributed by atoms with Crippen LogP contribution in [0.1, 0.15) is 40.9 Å². The van der Waals surface area contributed by atoms with E-state index in [4.69, 9.17) is 4.74 Å². The average molecular weight is 431 g/mol. The van der Waals surface area contributed by atoms with Gasteiger partial charge in [0.1, 0.15) is 5.75 Å². The Morgan fingerprint density at radius 1 is 1.06 bits per heavy atom. The maximum Gasteiger partial charge on any atom is 0.261 e. The molecular weight excluding hydrogens is 408 g/mol. The monoisotopic (exact) mass is 430 g/mol. The molecular formula is C24H22N4O2S. The summed E-state index contributed by atoms with van der Waals surface area (Å²) >= 11 is 1.34. The summed E-state index contributed by atoms with van der Waals surface area (Å²) in [4.78, 5) is 13.2. The number of hydrogen-bond acceptors (Lipinski definition) is 6. The van der Waals surface area contributed by atoms with Gasteiger partial charge in [-0.3, -0.25) is 10.1 Å². The van der Waals surface area contributed by atoms with Gasteiger partial charge >= 0.3 is 0 Å². The van der Waals surface area contributed by atoms with Crippen LogP contribution in [0.4, 0.5) is 10.3 Å². The Kier molecular flexibility index (Phi) is 5.26. The highest BCUT2D eigenvalue weighted by molar-refractivity contribution is 7.19. The van der Waals surface area contributed by atoms with Crippen molar-refractivity contribution < 1.29 is 9.53 Å². The maximum atomic E-state index is 13.2. The summed E-state index contributed by atoms with van der Waals surface area (Å²) in [6, 6.07) is 20.3. The highest BCUT2D eigenvalue weighted by atomic mass is 32.1. The predicted octanol–water partition coefficient (Wildman–Crippen LogP) is 5.44. The smallest absolute Gasteiger partial charge is 0.261 e. The number of carbonyl (C=O) groups excluding carboxylic acids is 1. The number of aryl methyl sites for hydroxylation is 1. The Labute approximate surface area is 184 Å². The van der Waals surface area contributed by atoms with Gasteiger partial charge < -0.3 is 10.1 Å². The van der Waals surface area contributed by atoms with Crippen LogP contribution in [-0.2, 0) is 6.42 Å². The number of amides is 1. The highest BCUT2D eigenvalue weighted by Crippen LogP contribution is 2.35. The summed E-state index contributed by atoms with van der Waals surface area (Å²) in [5.41, 5.74) is 3.19. The van der Waals surface area contributed by atoms with Crippen LogP contribution in [0.15, 0.2) is 60.7 Å². The van der Waals surface area contributed by atoms with Gasteiger partial charge in [0.2, 0.25) is 10.3 Å². The number of nitrogens with zero attached hydrogens (tertiary/aromatic N) is 2. The molecule has 1 amide bonds. The molecule has 1 unspecified atom stereocenters. The van der Waals surface area contributed by atoms with Crippen molar-refractivity contribution in [2.24, 2.45) is 0 Å². The van der Waals surface area contributed by atoms with Crippen molar-refractivity contribution in [3.63, 3.8) is 0 Å². The van der Waals surface area contributed by atoms with E-state index in [1.807, 2.05) is 43.3 Å². The first-order valence-corrected chi connectivity index (χ1v) is 11.2. The van der Waals surface area contributed by atoms with Gasteiger partial charge in [0.15, 0.2) is 0 Å². The lowest BCUT2D eigenvalue weighted by Crippen LogP contribution is -2.14. The van der Waals surface area contributed by atoms with Crippen molar-refractivity contribution in [2.45, 2.75) is 25.8 Å². The number of nitrogens with one attached hydrogen (secondary N) is 2. The summed E-state index contributed by atoms with van der Waals surface area (Å²) in [5.74, 6) is 0.304. The number of benzene rings is 3. The molecule has 156 valence electrons. The molecule has 0 radical (unpaired) electrons. The number of aromatic nitrogens is 2. The molecule has 31 heavy (non-hydrogen) atoms. The van der Waals surface area contributed by atoms with Crippen LogP contribution in [0.2, 0.25) is 0 Å². The van der Waals surface area contributed by atoms with Gasteiger partial charge in [-0.1, -0.05) is 65.9 Å². The topological polar surface area (TPSA) is 76.1 Å². The molecule has 1 heterocycles. The molecule has 0 aliphatic heterocycles. The fourth-order valence-electron chi connectivity index (χ4n) is 4.11. The number of ether oxygens (including phenoxy) is 1. The Morgan fingerprint density at radius 3 is 2.77 bits per heavy atom. The Morgan fingerprint density at radius 2 is 1.87 bits per heavy atom. The van der Waals surface area contributed by atoms with Gasteiger partial charge in [-0.25, -0.2) is 0 Å². The van der Waals surface area contributed by atoms with E-state index in [0.717, 1.165) is 23.6 Å². The van der Waals surface area contributed by atoms with E-state index in [9.17, 15) is 4.79 Å². The molecule has 5 rings (SSSR count). The van der Waals surface area contributed by atoms with E-state index in [2.05, 4.69) is 45.1 Å². The third-order valence-electron chi connectivity index (χ3n) is 5.49. The maximum absolute atomic E-state index is 13.2. The zero-order chi connectivity index (χ0) is 21.2. The van der Waals surface area contributed by atoms with E-state index in [-0.39, 0.29) is 11.9 Å². The van der Waals surface area contributed by atoms with E-state index < -0.39 is 0 Å². The minimum atomic E-state index is -0.255. The van der Waals surface area contributed by atoms with Crippen molar-refractivity contribution in [2.75, 3.05) is 17.2 Å². The largest absolute Gasteiger partial charge is 0.493 e. The first-order chi connectivity index (χ1) is 15.2. The Balaban J connectivity index is 1.37. The van der Waals surface area contributed by atoms with Crippen LogP contribution >= 0.6 is 11.3 Å². The lowest BCUT2D eigenvalue weighted by molar-refractivity contribution is 0.102. The minimum absolute atomic E-state index is 0.218. The average Bonchev–Trinajstić information content (AvgIpc) is 3.41. The van der Waals surface area contributed by atoms with Crippen molar-refractivity contribution in [3.05, 3.63) is 77.4 Å². The van der Waals surface area contributed by atoms with Gasteiger partial charge in [0, 0.05) is 0 Å². The normalized spacial score (nSPS) is 14.9. The lowest BCUT2D eigenvalue weighted by Gasteiger charge is -2.13. The van der Waals surface area contributed by atoms with Crippen LogP contribution < -0.4 is 15.4 Å². The van der Waals surface area contributed by atoms with Crippen molar-refractivity contribution >= 4 is 38.3 Å². The highest BCUT2D eigenvalue weighted by Gasteiger charge is 2.23. The molecule has 2 N–H and O–H groups in total. The second-order valence-electron chi connectivity index (χ2n) is 7.39. The van der Waals surface area contributed by atoms with Crippen LogP contribution in [0, 0.1) is 0 Å². The summed E-state index contributed by atoms with van der Waals surface area (Å²) in [6.07, 6.45) is 2.08. The molecule has 0 saturated heterocycles. The first kappa shape index (κ1) is 19.5. The second-order valence-corrected chi connectivity index (χ2v) is 8.37. The fraction of sp³-hybridized carbons (Fsp3) is 0.208. The summed E-state index contributed by atoms with van der Waals surface area (Å²) in [5, 5.41) is 17.7. The first-order valence-electron chi connectivity index (χ1n) is 10.4. The van der Waals surface area contributed by atoms with E-state index in [1.54, 1.807) is 0 Å². The van der Waals surface area contributed by atoms with Gasteiger partial charge in [0.25, 0.3) is 5.91 Å². The van der Waals surface area contributed by atoms with Crippen molar-refractivity contribution in [1.82, 2.24) is 10.2 Å². The van der Waals surface area contributed by atoms with E-state index in [1.165, 1.54) is 22.5 Å². The molecule has 0 fully saturated rings. The quantitative estimate of drug-likeness (QED) is 0.426. The molecule has 6 nitrogen and oxygen atoms in total. The van der Waals surface area contributed by atoms with E-state index in [0.29, 0.717) is 28.2 Å². The Hall–Kier alpha value is -3.45. The molecule has 1 aromatic heterocycles. The van der Waals surface area contributed by atoms with Crippen molar-refractivity contribution in [1.29, 1.82) is 0 Å². The SMILES string of the molecule is CCOc1ccc2ccccc2c1C(=O)Nc1nnc(NC2CCc3ccccc32)s1. The Bertz CT molecular complexity index is 1250. The number of hydrogen-bond donors (Lipinski definition) is 2. The standard InChI is InChI=1S/C24H22N4O2S/c1-2-30-20-14-12-16-8-4-6-10-18(16)21(20)22(29)26-24-28-27-23(31-24)25-19-13-11-15-7-3-5-9-17(15)19/h3-10,12,14,19H,2,11,13H2,1H3,(H,25,27)(H,26,28,29). The molecule has 1 aliphatic carbocycles. The van der Waals surface area contributed by atoms with Gasteiger partial charge in [-0.15, -0.1) is 10.2 Å². The number of carbonyl (C=O) groups is 1. The van der Waals surface area contributed by atoms with Crippen LogP contribution in [0.3, 0.4) is 0 Å². The summed E-state index contributed by atoms with van der Waals surface area (Å²) in [6.45, 7) is 2.38. The number of fused-ring (bicyclic) bond motifs is 2. The molecule has 3 aromatic carbocycles. The number of anilines is 2. The second kappa shape index (κ2) is 8.35. The van der Waals surface area contributed by atoms with Crippen LogP contribution in [0.5, 0.6) is 5.75 Å². The molecule has 0 spiro atoms. The van der Waals surface area contributed by atoms with Gasteiger partial charge in [-0.2, -0.15) is 0 Å². The molecule has 7 heteroatoms. The fourth-order valence-corrected chi connectivity index (χ4v) is 4.80. The summed E-state index contributed by atoms with van der Waals surface area (Å²) in [7, 11) is 0. The molecule has 1 atom stereocenters. The third kappa shape index (κ3) is 3.84. The lowest BCUT2D eigenvalue weighted by atomic mass is 10.0. The predicted molar refractivity (Wildman–Crippen MR) is 124 cm³/mol. The molecule has 0 bridgehead atoms. The minimum Gasteiger partial charge on any atom is -0.493 e.